The lowest BCUT2D eigenvalue weighted by atomic mass is 9.87. The van der Waals surface area contributed by atoms with Crippen LogP contribution in [0.25, 0.3) is 0 Å². The first-order valence-corrected chi connectivity index (χ1v) is 15.3. The third-order valence-corrected chi connectivity index (χ3v) is 6.15. The summed E-state index contributed by atoms with van der Waals surface area (Å²) in [5.74, 6) is 0. The number of benzene rings is 4. The molecule has 0 aromatic heterocycles. The van der Waals surface area contributed by atoms with Crippen molar-refractivity contribution >= 4 is 5.69 Å². The molecule has 0 aliphatic heterocycles. The molecule has 0 aliphatic carbocycles. The van der Waals surface area contributed by atoms with Crippen molar-refractivity contribution in [1.82, 2.24) is 0 Å². The van der Waals surface area contributed by atoms with E-state index >= 15 is 0 Å². The third kappa shape index (κ3) is 18.2. The van der Waals surface area contributed by atoms with Crippen LogP contribution in [-0.4, -0.2) is 5.54 Å². The van der Waals surface area contributed by atoms with Crippen molar-refractivity contribution in [3.8, 4) is 0 Å². The van der Waals surface area contributed by atoms with Crippen LogP contribution in [0, 0.1) is 5.41 Å². The molecule has 0 fully saturated rings. The van der Waals surface area contributed by atoms with Gasteiger partial charge < -0.3 is 5.32 Å². The molecule has 0 aliphatic rings. The molecule has 0 radical (unpaired) electrons. The van der Waals surface area contributed by atoms with Crippen LogP contribution in [-0.2, 0) is 17.3 Å². The minimum Gasteiger partial charge on any atom is -0.380 e. The largest absolute Gasteiger partial charge is 0.380 e. The van der Waals surface area contributed by atoms with E-state index in [0.717, 1.165) is 6.42 Å². The average Bonchev–Trinajstić information content (AvgIpc) is 2.89. The Balaban J connectivity index is 0.000000280. The zero-order valence-corrected chi connectivity index (χ0v) is 28.8. The van der Waals surface area contributed by atoms with Crippen LogP contribution in [0.15, 0.2) is 121 Å². The molecule has 4 aromatic carbocycles. The molecular weight excluding hydrogens is 506 g/mol. The molecule has 0 heterocycles. The van der Waals surface area contributed by atoms with Gasteiger partial charge >= 0.3 is 0 Å². The Morgan fingerprint density at radius 2 is 0.714 bits per heavy atom. The Morgan fingerprint density at radius 1 is 0.405 bits per heavy atom. The van der Waals surface area contributed by atoms with E-state index in [1.54, 1.807) is 0 Å². The van der Waals surface area contributed by atoms with Gasteiger partial charge in [-0.3, -0.25) is 0 Å². The van der Waals surface area contributed by atoms with Gasteiger partial charge in [0.2, 0.25) is 0 Å². The smallest absolute Gasteiger partial charge is 0.0344 e. The number of nitrogens with one attached hydrogen (secondary N) is 1. The van der Waals surface area contributed by atoms with Gasteiger partial charge in [-0.1, -0.05) is 172 Å². The minimum atomic E-state index is 0.154. The molecule has 4 rings (SSSR count). The van der Waals surface area contributed by atoms with Crippen LogP contribution in [0.1, 0.15) is 99.8 Å². The third-order valence-electron chi connectivity index (χ3n) is 6.15. The van der Waals surface area contributed by atoms with E-state index in [9.17, 15) is 0 Å². The monoisotopic (exact) mass is 565 g/mol. The van der Waals surface area contributed by atoms with Gasteiger partial charge in [-0.05, 0) is 72.3 Å². The van der Waals surface area contributed by atoms with E-state index in [4.69, 9.17) is 0 Å². The second-order valence-electron chi connectivity index (χ2n) is 15.2. The quantitative estimate of drug-likeness (QED) is 0.255. The van der Waals surface area contributed by atoms with Gasteiger partial charge in [-0.25, -0.2) is 0 Å². The molecule has 0 spiro atoms. The van der Waals surface area contributed by atoms with E-state index < -0.39 is 0 Å². The molecule has 42 heavy (non-hydrogen) atoms. The van der Waals surface area contributed by atoms with E-state index in [0.29, 0.717) is 16.2 Å². The predicted molar refractivity (Wildman–Crippen MR) is 190 cm³/mol. The summed E-state index contributed by atoms with van der Waals surface area (Å²) in [6, 6.07) is 42.0. The van der Waals surface area contributed by atoms with Gasteiger partial charge in [0.25, 0.3) is 0 Å². The van der Waals surface area contributed by atoms with Crippen molar-refractivity contribution in [1.29, 1.82) is 0 Å². The summed E-state index contributed by atoms with van der Waals surface area (Å²) in [7, 11) is 0. The van der Waals surface area contributed by atoms with Crippen LogP contribution in [0.4, 0.5) is 5.69 Å². The summed E-state index contributed by atoms with van der Waals surface area (Å²) in [5.41, 5.74) is 6.55. The first kappa shape index (κ1) is 36.7. The van der Waals surface area contributed by atoms with Gasteiger partial charge in [0.15, 0.2) is 0 Å². The van der Waals surface area contributed by atoms with Crippen LogP contribution in [0.2, 0.25) is 0 Å². The Labute approximate surface area is 259 Å². The molecule has 0 saturated carbocycles. The highest BCUT2D eigenvalue weighted by atomic mass is 14.9. The summed E-state index contributed by atoms with van der Waals surface area (Å²) in [4.78, 5) is 0. The molecule has 0 atom stereocenters. The highest BCUT2D eigenvalue weighted by molar-refractivity contribution is 5.44. The van der Waals surface area contributed by atoms with Crippen LogP contribution in [0.5, 0.6) is 0 Å². The Bertz CT molecular complexity index is 1100. The zero-order chi connectivity index (χ0) is 31.9. The highest BCUT2D eigenvalue weighted by Gasteiger charge is 2.12. The normalized spacial score (nSPS) is 11.4. The lowest BCUT2D eigenvalue weighted by Gasteiger charge is -2.21. The van der Waals surface area contributed by atoms with E-state index in [1.807, 2.05) is 18.2 Å². The molecule has 1 heteroatoms. The van der Waals surface area contributed by atoms with E-state index in [-0.39, 0.29) is 5.54 Å². The fraction of sp³-hybridized carbons (Fsp3) is 0.415. The summed E-state index contributed by atoms with van der Waals surface area (Å²) >= 11 is 0. The maximum atomic E-state index is 3.38. The molecule has 4 aromatic rings. The Hall–Kier alpha value is -3.32. The van der Waals surface area contributed by atoms with Gasteiger partial charge in [0.1, 0.15) is 0 Å². The van der Waals surface area contributed by atoms with Crippen molar-refractivity contribution in [2.24, 2.45) is 5.41 Å². The topological polar surface area (TPSA) is 12.0 Å². The zero-order valence-electron chi connectivity index (χ0n) is 28.8. The molecule has 0 bridgehead atoms. The fourth-order valence-electron chi connectivity index (χ4n) is 4.04. The highest BCUT2D eigenvalue weighted by Crippen LogP contribution is 2.22. The van der Waals surface area contributed by atoms with Crippen LogP contribution < -0.4 is 5.32 Å². The number of hydrogen-bond donors (Lipinski definition) is 1. The van der Waals surface area contributed by atoms with E-state index in [1.165, 1.54) is 22.4 Å². The number of hydrogen-bond acceptors (Lipinski definition) is 1. The first-order valence-electron chi connectivity index (χ1n) is 15.3. The maximum absolute atomic E-state index is 3.38. The van der Waals surface area contributed by atoms with Crippen LogP contribution >= 0.6 is 0 Å². The summed E-state index contributed by atoms with van der Waals surface area (Å²) in [6.07, 6.45) is 1.16. The number of rotatable bonds is 2. The maximum Gasteiger partial charge on any atom is 0.0344 e. The number of anilines is 1. The van der Waals surface area contributed by atoms with Crippen molar-refractivity contribution in [2.45, 2.75) is 106 Å². The predicted octanol–water partition coefficient (Wildman–Crippen LogP) is 12.1. The van der Waals surface area contributed by atoms with Crippen molar-refractivity contribution in [3.05, 3.63) is 138 Å². The standard InChI is InChI=1S/C11H16.C10H15N.2C10H14/c1-11(2,3)9-10-7-5-4-6-8-10;1-10(2,3)11-9-7-5-4-6-8-9;2*1-10(2,3)9-7-5-4-6-8-9/h4-8H,9H2,1-3H3;4-8,11H,1-3H3;2*4-8H,1-3H3. The molecule has 1 N–H and O–H groups in total. The van der Waals surface area contributed by atoms with Gasteiger partial charge in [-0.2, -0.15) is 0 Å². The number of para-hydroxylation sites is 1. The van der Waals surface area contributed by atoms with Crippen molar-refractivity contribution in [3.63, 3.8) is 0 Å². The lowest BCUT2D eigenvalue weighted by Crippen LogP contribution is -2.25. The van der Waals surface area contributed by atoms with E-state index in [2.05, 4.69) is 192 Å². The van der Waals surface area contributed by atoms with Gasteiger partial charge in [0.05, 0.1) is 0 Å². The molecule has 228 valence electrons. The van der Waals surface area contributed by atoms with Gasteiger partial charge in [0, 0.05) is 11.2 Å². The van der Waals surface area contributed by atoms with Crippen LogP contribution in [0.3, 0.4) is 0 Å². The minimum absolute atomic E-state index is 0.154. The second-order valence-corrected chi connectivity index (χ2v) is 15.2. The summed E-state index contributed by atoms with van der Waals surface area (Å²) < 4.78 is 0. The summed E-state index contributed by atoms with van der Waals surface area (Å²) in [5, 5.41) is 3.38. The van der Waals surface area contributed by atoms with Crippen molar-refractivity contribution < 1.29 is 0 Å². The molecule has 0 amide bonds. The average molecular weight is 566 g/mol. The molecule has 0 saturated heterocycles. The Morgan fingerprint density at radius 3 is 0.976 bits per heavy atom. The SMILES string of the molecule is CC(C)(C)Cc1ccccc1.CC(C)(C)Nc1ccccc1.CC(C)(C)c1ccccc1.CC(C)(C)c1ccccc1. The summed E-state index contributed by atoms with van der Waals surface area (Å²) in [6.45, 7) is 26.6. The first-order chi connectivity index (χ1) is 19.4. The molecule has 1 nitrogen and oxygen atoms in total. The molecular formula is C41H59N. The second kappa shape index (κ2) is 17.0. The van der Waals surface area contributed by atoms with Gasteiger partial charge in [-0.15, -0.1) is 0 Å². The Kier molecular flexibility index (Phi) is 14.8. The lowest BCUT2D eigenvalue weighted by molar-refractivity contribution is 0.411. The van der Waals surface area contributed by atoms with Crippen molar-refractivity contribution in [2.75, 3.05) is 5.32 Å². The molecule has 0 unspecified atom stereocenters. The fourth-order valence-corrected chi connectivity index (χ4v) is 4.04.